The zero-order chi connectivity index (χ0) is 16.9. The highest BCUT2D eigenvalue weighted by molar-refractivity contribution is 5.91. The summed E-state index contributed by atoms with van der Waals surface area (Å²) in [7, 11) is 1.69. The van der Waals surface area contributed by atoms with Crippen molar-refractivity contribution in [2.24, 2.45) is 0 Å². The minimum Gasteiger partial charge on any atom is -0.496 e. The molecule has 1 aromatic carbocycles. The molecule has 0 unspecified atom stereocenters. The van der Waals surface area contributed by atoms with E-state index in [0.29, 0.717) is 12.2 Å². The van der Waals surface area contributed by atoms with Gasteiger partial charge in [-0.25, -0.2) is 4.98 Å². The van der Waals surface area contributed by atoms with Crippen molar-refractivity contribution in [2.45, 2.75) is 32.6 Å². The lowest BCUT2D eigenvalue weighted by atomic mass is 9.85. The minimum absolute atomic E-state index is 0.00420. The fraction of sp³-hybridized carbons (Fsp3) is 0.389. The summed E-state index contributed by atoms with van der Waals surface area (Å²) in [6.45, 7) is 7.02. The van der Waals surface area contributed by atoms with Gasteiger partial charge in [0, 0.05) is 18.9 Å². The van der Waals surface area contributed by atoms with E-state index in [0.717, 1.165) is 23.3 Å². The molecule has 2 aromatic rings. The van der Waals surface area contributed by atoms with E-state index in [4.69, 9.17) is 4.74 Å². The molecule has 1 N–H and O–H groups in total. The van der Waals surface area contributed by atoms with Crippen LogP contribution in [0.25, 0.3) is 0 Å². The Morgan fingerprint density at radius 3 is 2.65 bits per heavy atom. The monoisotopic (exact) mass is 313 g/mol. The lowest BCUT2D eigenvalue weighted by Gasteiger charge is -2.23. The van der Waals surface area contributed by atoms with Crippen molar-refractivity contribution in [3.05, 3.63) is 53.6 Å². The van der Waals surface area contributed by atoms with Gasteiger partial charge in [0.15, 0.2) is 0 Å². The number of rotatable bonds is 5. The number of carbonyl (C=O) groups excluding carboxylic acids is 1. The van der Waals surface area contributed by atoms with Crippen LogP contribution in [0.2, 0.25) is 0 Å². The zero-order valence-electron chi connectivity index (χ0n) is 14.1. The van der Waals surface area contributed by atoms with E-state index in [1.165, 1.54) is 12.4 Å². The Hall–Kier alpha value is -2.43. The molecule has 122 valence electrons. The molecule has 0 aliphatic heterocycles. The Labute approximate surface area is 137 Å². The third-order valence-corrected chi connectivity index (χ3v) is 3.57. The Balaban J connectivity index is 2.00. The maximum atomic E-state index is 11.9. The molecule has 1 aromatic heterocycles. The van der Waals surface area contributed by atoms with Gasteiger partial charge in [-0.05, 0) is 29.0 Å². The second-order valence-electron chi connectivity index (χ2n) is 6.38. The van der Waals surface area contributed by atoms with Crippen LogP contribution in [0.1, 0.15) is 42.4 Å². The van der Waals surface area contributed by atoms with Crippen molar-refractivity contribution in [1.29, 1.82) is 0 Å². The molecule has 5 nitrogen and oxygen atoms in total. The van der Waals surface area contributed by atoms with Gasteiger partial charge in [0.25, 0.3) is 5.91 Å². The van der Waals surface area contributed by atoms with Gasteiger partial charge in [-0.3, -0.25) is 9.78 Å². The topological polar surface area (TPSA) is 64.1 Å². The maximum Gasteiger partial charge on any atom is 0.271 e. The van der Waals surface area contributed by atoms with Crippen molar-refractivity contribution in [2.75, 3.05) is 13.7 Å². The maximum absolute atomic E-state index is 11.9. The predicted molar refractivity (Wildman–Crippen MR) is 89.8 cm³/mol. The Kier molecular flexibility index (Phi) is 5.32. The highest BCUT2D eigenvalue weighted by atomic mass is 16.5. The molecule has 1 heterocycles. The van der Waals surface area contributed by atoms with Gasteiger partial charge < -0.3 is 10.1 Å². The van der Waals surface area contributed by atoms with E-state index in [9.17, 15) is 4.79 Å². The highest BCUT2D eigenvalue weighted by Gasteiger charge is 2.19. The van der Waals surface area contributed by atoms with Crippen LogP contribution < -0.4 is 10.1 Å². The van der Waals surface area contributed by atoms with Gasteiger partial charge in [0.2, 0.25) is 0 Å². The summed E-state index contributed by atoms with van der Waals surface area (Å²) >= 11 is 0. The molecular weight excluding hydrogens is 290 g/mol. The Morgan fingerprint density at radius 2 is 2.04 bits per heavy atom. The highest BCUT2D eigenvalue weighted by Crippen LogP contribution is 2.32. The van der Waals surface area contributed by atoms with Crippen LogP contribution in [0.15, 0.2) is 36.8 Å². The van der Waals surface area contributed by atoms with E-state index in [1.54, 1.807) is 13.3 Å². The second-order valence-corrected chi connectivity index (χ2v) is 6.38. The number of amides is 1. The van der Waals surface area contributed by atoms with Gasteiger partial charge in [-0.2, -0.15) is 0 Å². The van der Waals surface area contributed by atoms with Crippen LogP contribution in [0.5, 0.6) is 5.75 Å². The molecule has 0 radical (unpaired) electrons. The van der Waals surface area contributed by atoms with Crippen LogP contribution in [-0.2, 0) is 11.8 Å². The molecule has 0 aliphatic carbocycles. The molecule has 0 fully saturated rings. The van der Waals surface area contributed by atoms with Crippen molar-refractivity contribution >= 4 is 5.91 Å². The first kappa shape index (κ1) is 16.9. The van der Waals surface area contributed by atoms with Gasteiger partial charge >= 0.3 is 0 Å². The summed E-state index contributed by atoms with van der Waals surface area (Å²) in [5.74, 6) is 0.688. The number of methoxy groups -OCH3 is 1. The lowest BCUT2D eigenvalue weighted by Crippen LogP contribution is -2.26. The Morgan fingerprint density at radius 1 is 1.26 bits per heavy atom. The van der Waals surface area contributed by atoms with Gasteiger partial charge in [-0.15, -0.1) is 0 Å². The molecule has 0 spiro atoms. The average Bonchev–Trinajstić information content (AvgIpc) is 2.54. The number of ether oxygens (including phenoxy) is 1. The first-order valence-electron chi connectivity index (χ1n) is 7.63. The first-order valence-corrected chi connectivity index (χ1v) is 7.63. The summed E-state index contributed by atoms with van der Waals surface area (Å²) in [6.07, 6.45) is 5.26. The molecule has 0 saturated carbocycles. The number of carbonyl (C=O) groups is 1. The van der Waals surface area contributed by atoms with E-state index in [2.05, 4.69) is 42.1 Å². The molecule has 23 heavy (non-hydrogen) atoms. The smallest absolute Gasteiger partial charge is 0.271 e. The molecule has 0 saturated heterocycles. The quantitative estimate of drug-likeness (QED) is 0.922. The molecule has 1 amide bonds. The molecule has 0 bridgehead atoms. The number of aromatic nitrogens is 2. The van der Waals surface area contributed by atoms with Crippen LogP contribution in [0, 0.1) is 0 Å². The van der Waals surface area contributed by atoms with Crippen LogP contribution in [-0.4, -0.2) is 29.5 Å². The summed E-state index contributed by atoms with van der Waals surface area (Å²) in [5, 5.41) is 2.86. The number of hydrogen-bond acceptors (Lipinski definition) is 4. The first-order chi connectivity index (χ1) is 10.9. The summed E-state index contributed by atoms with van der Waals surface area (Å²) < 4.78 is 5.44. The molecule has 5 heteroatoms. The zero-order valence-corrected chi connectivity index (χ0v) is 14.1. The Bertz CT molecular complexity index is 664. The van der Waals surface area contributed by atoms with Crippen molar-refractivity contribution < 1.29 is 9.53 Å². The van der Waals surface area contributed by atoms with Crippen LogP contribution >= 0.6 is 0 Å². The lowest BCUT2D eigenvalue weighted by molar-refractivity contribution is 0.0948. The molecule has 0 aliphatic rings. The van der Waals surface area contributed by atoms with E-state index in [-0.39, 0.29) is 11.3 Å². The second kappa shape index (κ2) is 7.22. The number of benzene rings is 1. The molecule has 0 atom stereocenters. The number of nitrogens with zero attached hydrogens (tertiary/aromatic N) is 2. The van der Waals surface area contributed by atoms with Crippen LogP contribution in [0.3, 0.4) is 0 Å². The average molecular weight is 313 g/mol. The van der Waals surface area contributed by atoms with Crippen LogP contribution in [0.4, 0.5) is 0 Å². The van der Waals surface area contributed by atoms with E-state index < -0.39 is 0 Å². The van der Waals surface area contributed by atoms with Gasteiger partial charge in [-0.1, -0.05) is 32.9 Å². The third kappa shape index (κ3) is 4.52. The summed E-state index contributed by atoms with van der Waals surface area (Å²) in [6, 6.07) is 6.16. The fourth-order valence-electron chi connectivity index (χ4n) is 2.32. The van der Waals surface area contributed by atoms with Crippen molar-refractivity contribution in [1.82, 2.24) is 15.3 Å². The molecule has 2 rings (SSSR count). The predicted octanol–water partition coefficient (Wildman–Crippen LogP) is 2.76. The normalized spacial score (nSPS) is 11.1. The van der Waals surface area contributed by atoms with E-state index in [1.807, 2.05) is 12.1 Å². The SMILES string of the molecule is COc1ccc(CCNC(=O)c2cnccn2)cc1C(C)(C)C. The third-order valence-electron chi connectivity index (χ3n) is 3.57. The fourth-order valence-corrected chi connectivity index (χ4v) is 2.32. The van der Waals surface area contributed by atoms with E-state index >= 15 is 0 Å². The number of hydrogen-bond donors (Lipinski definition) is 1. The minimum atomic E-state index is -0.206. The van der Waals surface area contributed by atoms with Gasteiger partial charge in [0.1, 0.15) is 11.4 Å². The van der Waals surface area contributed by atoms with Crippen molar-refractivity contribution in [3.8, 4) is 5.75 Å². The van der Waals surface area contributed by atoms with Gasteiger partial charge in [0.05, 0.1) is 13.3 Å². The summed E-state index contributed by atoms with van der Waals surface area (Å²) in [5.41, 5.74) is 2.66. The standard InChI is InChI=1S/C18H23N3O2/c1-18(2,3)14-11-13(5-6-16(14)23-4)7-8-21-17(22)15-12-19-9-10-20-15/h5-6,9-12H,7-8H2,1-4H3,(H,21,22). The van der Waals surface area contributed by atoms with Crippen molar-refractivity contribution in [3.63, 3.8) is 0 Å². The number of nitrogens with one attached hydrogen (secondary N) is 1. The molecular formula is C18H23N3O2. The largest absolute Gasteiger partial charge is 0.496 e. The summed E-state index contributed by atoms with van der Waals surface area (Å²) in [4.78, 5) is 19.8.